The molecule has 0 unspecified atom stereocenters. The number of fused-ring (bicyclic) bond motifs is 2. The number of nitrogens with one attached hydrogen (secondary N) is 1. The monoisotopic (exact) mass is 422 g/mol. The van der Waals surface area contributed by atoms with Gasteiger partial charge in [-0.3, -0.25) is 0 Å². The molecular weight excluding hydrogens is 392 g/mol. The van der Waals surface area contributed by atoms with Crippen molar-refractivity contribution in [2.24, 2.45) is 7.05 Å². The Labute approximate surface area is 182 Å². The average molecular weight is 423 g/mol. The Morgan fingerprint density at radius 3 is 2.70 bits per heavy atom. The zero-order valence-electron chi connectivity index (χ0n) is 18.1. The van der Waals surface area contributed by atoms with E-state index in [1.165, 1.54) is 20.9 Å². The van der Waals surface area contributed by atoms with Gasteiger partial charge in [0.1, 0.15) is 5.60 Å². The average Bonchev–Trinajstić information content (AvgIpc) is 3.33. The number of rotatable bonds is 4. The molecule has 3 aromatic rings. The lowest BCUT2D eigenvalue weighted by Gasteiger charge is -2.40. The summed E-state index contributed by atoms with van der Waals surface area (Å²) in [5.74, 6) is 2.35. The van der Waals surface area contributed by atoms with Gasteiger partial charge < -0.3 is 10.1 Å². The predicted molar refractivity (Wildman–Crippen MR) is 121 cm³/mol. The maximum atomic E-state index is 6.34. The van der Waals surface area contributed by atoms with Crippen molar-refractivity contribution in [3.63, 3.8) is 0 Å². The van der Waals surface area contributed by atoms with Crippen molar-refractivity contribution >= 4 is 11.3 Å². The van der Waals surface area contributed by atoms with Crippen LogP contribution in [0.2, 0.25) is 0 Å². The maximum absolute atomic E-state index is 6.34. The van der Waals surface area contributed by atoms with E-state index in [2.05, 4.69) is 49.5 Å². The molecule has 1 fully saturated rings. The Balaban J connectivity index is 1.39. The van der Waals surface area contributed by atoms with Crippen LogP contribution in [0.4, 0.5) is 0 Å². The molecule has 0 amide bonds. The second-order valence-electron chi connectivity index (χ2n) is 8.84. The molecule has 0 saturated carbocycles. The van der Waals surface area contributed by atoms with E-state index < -0.39 is 0 Å². The second-order valence-corrected chi connectivity index (χ2v) is 9.98. The first-order valence-corrected chi connectivity index (χ1v) is 11.8. The first-order valence-electron chi connectivity index (χ1n) is 11.0. The van der Waals surface area contributed by atoms with Gasteiger partial charge in [-0.05, 0) is 55.5 Å². The molecule has 6 heteroatoms. The minimum Gasteiger partial charge on any atom is -0.369 e. The number of benzene rings is 1. The molecule has 1 saturated heterocycles. The number of ether oxygens (including phenoxy) is 1. The third kappa shape index (κ3) is 3.61. The summed E-state index contributed by atoms with van der Waals surface area (Å²) in [5.41, 5.74) is 3.87. The van der Waals surface area contributed by atoms with Crippen molar-refractivity contribution in [1.29, 1.82) is 0 Å². The number of piperidine rings is 1. The first kappa shape index (κ1) is 19.9. The molecule has 0 aliphatic carbocycles. The largest absolute Gasteiger partial charge is 0.369 e. The lowest BCUT2D eigenvalue weighted by atomic mass is 9.86. The van der Waals surface area contributed by atoms with Crippen LogP contribution in [-0.2, 0) is 30.2 Å². The molecule has 0 bridgehead atoms. The Morgan fingerprint density at radius 1 is 1.20 bits per heavy atom. The van der Waals surface area contributed by atoms with Crippen LogP contribution in [0, 0.1) is 0 Å². The van der Waals surface area contributed by atoms with Crippen LogP contribution < -0.4 is 5.32 Å². The van der Waals surface area contributed by atoms with Gasteiger partial charge >= 0.3 is 0 Å². The van der Waals surface area contributed by atoms with Gasteiger partial charge in [-0.15, -0.1) is 11.3 Å². The van der Waals surface area contributed by atoms with Gasteiger partial charge in [-0.1, -0.05) is 38.1 Å². The van der Waals surface area contributed by atoms with E-state index in [1.807, 2.05) is 23.1 Å². The highest BCUT2D eigenvalue weighted by atomic mass is 32.1. The molecule has 1 aromatic carbocycles. The van der Waals surface area contributed by atoms with Crippen molar-refractivity contribution in [1.82, 2.24) is 20.1 Å². The highest BCUT2D eigenvalue weighted by molar-refractivity contribution is 7.12. The number of aromatic nitrogens is 3. The molecule has 1 N–H and O–H groups in total. The SMILES string of the molecule is CC(C)c1ccc(-c2nc(Cc3cc4c(s3)C3(CCNCC3)OCC4)nn2C)cc1. The van der Waals surface area contributed by atoms with Crippen LogP contribution in [0.15, 0.2) is 30.3 Å². The molecule has 5 nitrogen and oxygen atoms in total. The van der Waals surface area contributed by atoms with Crippen LogP contribution in [0.5, 0.6) is 0 Å². The minimum atomic E-state index is -0.0668. The summed E-state index contributed by atoms with van der Waals surface area (Å²) in [4.78, 5) is 7.67. The minimum absolute atomic E-state index is 0.0668. The van der Waals surface area contributed by atoms with E-state index >= 15 is 0 Å². The van der Waals surface area contributed by atoms with E-state index in [0.29, 0.717) is 5.92 Å². The summed E-state index contributed by atoms with van der Waals surface area (Å²) in [6, 6.07) is 11.1. The molecule has 158 valence electrons. The molecule has 4 heterocycles. The standard InChI is InChI=1S/C24H30N4OS/c1-16(2)17-4-6-18(7-5-17)23-26-21(27-28(23)3)15-20-14-19-8-13-29-24(22(19)30-20)9-11-25-12-10-24/h4-7,14,16,25H,8-13,15H2,1-3H3. The van der Waals surface area contributed by atoms with Crippen molar-refractivity contribution in [2.45, 2.75) is 51.0 Å². The number of hydrogen-bond donors (Lipinski definition) is 1. The van der Waals surface area contributed by atoms with E-state index in [0.717, 1.165) is 62.6 Å². The zero-order valence-corrected chi connectivity index (χ0v) is 18.9. The predicted octanol–water partition coefficient (Wildman–Crippen LogP) is 4.41. The zero-order chi connectivity index (χ0) is 20.7. The summed E-state index contributed by atoms with van der Waals surface area (Å²) in [6.07, 6.45) is 3.94. The molecule has 30 heavy (non-hydrogen) atoms. The van der Waals surface area contributed by atoms with Crippen molar-refractivity contribution in [3.8, 4) is 11.4 Å². The Morgan fingerprint density at radius 2 is 1.97 bits per heavy atom. The Hall–Kier alpha value is -2.02. The maximum Gasteiger partial charge on any atom is 0.158 e. The van der Waals surface area contributed by atoms with Gasteiger partial charge in [0.15, 0.2) is 11.6 Å². The van der Waals surface area contributed by atoms with E-state index in [-0.39, 0.29) is 5.60 Å². The molecule has 2 aliphatic heterocycles. The Kier molecular flexibility index (Phi) is 5.25. The van der Waals surface area contributed by atoms with Gasteiger partial charge in [0.25, 0.3) is 0 Å². The fraction of sp³-hybridized carbons (Fsp3) is 0.500. The summed E-state index contributed by atoms with van der Waals surface area (Å²) in [5, 5.41) is 8.19. The lowest BCUT2D eigenvalue weighted by molar-refractivity contribution is -0.0771. The third-order valence-corrected chi connectivity index (χ3v) is 7.77. The van der Waals surface area contributed by atoms with Crippen LogP contribution in [-0.4, -0.2) is 34.5 Å². The summed E-state index contributed by atoms with van der Waals surface area (Å²) >= 11 is 1.91. The second kappa shape index (κ2) is 7.91. The summed E-state index contributed by atoms with van der Waals surface area (Å²) < 4.78 is 8.25. The fourth-order valence-corrected chi connectivity index (χ4v) is 6.11. The van der Waals surface area contributed by atoms with Crippen LogP contribution in [0.25, 0.3) is 11.4 Å². The quantitative estimate of drug-likeness (QED) is 0.677. The van der Waals surface area contributed by atoms with E-state index in [9.17, 15) is 0 Å². The molecule has 5 rings (SSSR count). The molecular formula is C24H30N4OS. The van der Waals surface area contributed by atoms with Crippen LogP contribution in [0.1, 0.15) is 59.3 Å². The number of nitrogens with zero attached hydrogens (tertiary/aromatic N) is 3. The molecule has 0 atom stereocenters. The fourth-order valence-electron chi connectivity index (χ4n) is 4.70. The third-order valence-electron chi connectivity index (χ3n) is 6.41. The molecule has 1 spiro atoms. The number of thiophene rings is 1. The lowest BCUT2D eigenvalue weighted by Crippen LogP contribution is -2.43. The van der Waals surface area contributed by atoms with Crippen molar-refractivity contribution in [3.05, 3.63) is 57.0 Å². The van der Waals surface area contributed by atoms with E-state index in [1.54, 1.807) is 0 Å². The highest BCUT2D eigenvalue weighted by Crippen LogP contribution is 2.44. The molecule has 2 aromatic heterocycles. The topological polar surface area (TPSA) is 52.0 Å². The first-order chi connectivity index (χ1) is 14.5. The summed E-state index contributed by atoms with van der Waals surface area (Å²) in [7, 11) is 1.99. The summed E-state index contributed by atoms with van der Waals surface area (Å²) in [6.45, 7) is 7.34. The van der Waals surface area contributed by atoms with Gasteiger partial charge in [-0.25, -0.2) is 9.67 Å². The molecule has 2 aliphatic rings. The van der Waals surface area contributed by atoms with E-state index in [4.69, 9.17) is 14.8 Å². The van der Waals surface area contributed by atoms with Gasteiger partial charge in [-0.2, -0.15) is 5.10 Å². The molecule has 0 radical (unpaired) electrons. The van der Waals surface area contributed by atoms with Gasteiger partial charge in [0.2, 0.25) is 0 Å². The Bertz CT molecular complexity index is 1030. The van der Waals surface area contributed by atoms with Crippen LogP contribution >= 0.6 is 11.3 Å². The number of aryl methyl sites for hydroxylation is 1. The van der Waals surface area contributed by atoms with Crippen molar-refractivity contribution in [2.75, 3.05) is 19.7 Å². The highest BCUT2D eigenvalue weighted by Gasteiger charge is 2.40. The van der Waals surface area contributed by atoms with Gasteiger partial charge in [0.05, 0.1) is 6.61 Å². The van der Waals surface area contributed by atoms with Gasteiger partial charge in [0, 0.05) is 28.8 Å². The van der Waals surface area contributed by atoms with Crippen LogP contribution in [0.3, 0.4) is 0 Å². The smallest absolute Gasteiger partial charge is 0.158 e. The normalized spacial score (nSPS) is 18.1. The number of hydrogen-bond acceptors (Lipinski definition) is 5. The van der Waals surface area contributed by atoms with Crippen molar-refractivity contribution < 1.29 is 4.74 Å².